The van der Waals surface area contributed by atoms with Crippen LogP contribution in [0.15, 0.2) is 48.1 Å². The number of halogens is 1. The fourth-order valence-corrected chi connectivity index (χ4v) is 12.4. The van der Waals surface area contributed by atoms with Gasteiger partial charge in [0.25, 0.3) is 0 Å². The molecule has 24 nitrogen and oxygen atoms in total. The number of hydrogen-bond donors (Lipinski definition) is 22. The molecule has 0 aromatic rings. The highest BCUT2D eigenvalue weighted by molar-refractivity contribution is 6.25. The van der Waals surface area contributed by atoms with Crippen molar-refractivity contribution in [2.75, 3.05) is 6.61 Å². The maximum atomic E-state index is 11.2. The van der Waals surface area contributed by atoms with Crippen LogP contribution >= 0.6 is 11.6 Å². The number of aliphatic hydroxyl groups is 22. The number of ether oxygens (including phenoxy) is 2. The van der Waals surface area contributed by atoms with Crippen molar-refractivity contribution < 1.29 is 122 Å². The van der Waals surface area contributed by atoms with Crippen molar-refractivity contribution in [3.63, 3.8) is 0 Å². The highest BCUT2D eigenvalue weighted by Crippen LogP contribution is 2.33. The first-order chi connectivity index (χ1) is 43.5. The summed E-state index contributed by atoms with van der Waals surface area (Å²) in [4.78, 5) is 0. The van der Waals surface area contributed by atoms with E-state index in [-0.39, 0.29) is 70.0 Å². The number of aliphatic hydroxyl groups excluding tert-OH is 22. The summed E-state index contributed by atoms with van der Waals surface area (Å²) in [5, 5.41) is 235. The average Bonchev–Trinajstić information content (AvgIpc) is 0.872. The smallest absolute Gasteiger partial charge is 0.115 e. The van der Waals surface area contributed by atoms with Gasteiger partial charge in [0.15, 0.2) is 0 Å². The molecule has 2 fully saturated rings. The minimum Gasteiger partial charge on any atom is -0.394 e. The van der Waals surface area contributed by atoms with Gasteiger partial charge in [-0.3, -0.25) is 0 Å². The largest absolute Gasteiger partial charge is 0.394 e. The first kappa shape index (κ1) is 86.4. The van der Waals surface area contributed by atoms with E-state index in [1.165, 1.54) is 11.6 Å². The zero-order valence-electron chi connectivity index (χ0n) is 54.7. The van der Waals surface area contributed by atoms with Gasteiger partial charge >= 0.3 is 0 Å². The molecule has 0 spiro atoms. The Balaban J connectivity index is 1.79. The van der Waals surface area contributed by atoms with Crippen molar-refractivity contribution in [2.24, 2.45) is 17.8 Å². The molecule has 0 amide bonds. The summed E-state index contributed by atoms with van der Waals surface area (Å²) in [6, 6.07) is 0. The third-order valence-corrected chi connectivity index (χ3v) is 18.9. The second-order valence-electron chi connectivity index (χ2n) is 26.8. The molecule has 2 heterocycles. The topological polar surface area (TPSA) is 464 Å². The van der Waals surface area contributed by atoms with E-state index in [4.69, 9.17) is 26.2 Å². The van der Waals surface area contributed by atoms with Crippen LogP contribution in [0.4, 0.5) is 0 Å². The lowest BCUT2D eigenvalue weighted by Gasteiger charge is -2.43. The van der Waals surface area contributed by atoms with Gasteiger partial charge in [0, 0.05) is 18.4 Å². The molecule has 0 aromatic carbocycles. The Morgan fingerprint density at radius 1 is 0.478 bits per heavy atom. The van der Waals surface area contributed by atoms with E-state index in [0.717, 1.165) is 44.9 Å². The molecule has 0 radical (unpaired) electrons. The second kappa shape index (κ2) is 47.3. The van der Waals surface area contributed by atoms with E-state index in [1.807, 2.05) is 6.08 Å². The SMILES string of the molecule is C=C(CCC(O)C1OC(CC(O)C(O)C(C)CCCC(O)C(O)C(O)C(C)CCC(O)C(O)C(C)CC(O)CCCC(O)CCCC(O)CCCC(O)CO)C(O)C(O)C1O)C(O)C(O)C1CC(O)C(O)C(C(O)C(O)C=CCCCCCCCCC=CC=CCl)O1. The molecule has 28 unspecified atom stereocenters. The molecule has 2 aliphatic rings. The van der Waals surface area contributed by atoms with Crippen LogP contribution in [-0.4, -0.2) is 272 Å². The standard InChI is InChI=1S/C67H123ClO24/c1-39(21-17-29-47(74)59(84)57(82)40(2)30-32-49(76)56(81)42(4)35-45(72)26-19-24-43(70)22-18-23-44(71)25-20-27-46(73)38-69)55(80)51(78)36-54-63(88)64(89)65(90)66(91-54)50(77)33-31-41(3)58(83)62(87)53-37-52(79)61(86)67(92-53)60(85)48(75)28-15-13-11-9-7-5-6-8-10-12-14-16-34-68/h12,14-16,28,34,39-40,42-67,69-90H,3,5-11,13,17-27,29-33,35-38H2,1-2,4H3. The zero-order valence-corrected chi connectivity index (χ0v) is 55.4. The van der Waals surface area contributed by atoms with Gasteiger partial charge in [0.2, 0.25) is 0 Å². The molecule has 0 bridgehead atoms. The predicted molar refractivity (Wildman–Crippen MR) is 345 cm³/mol. The Morgan fingerprint density at radius 2 is 1.00 bits per heavy atom. The lowest BCUT2D eigenvalue weighted by molar-refractivity contribution is -0.250. The minimum atomic E-state index is -1.87. The van der Waals surface area contributed by atoms with Crippen LogP contribution in [0.1, 0.15) is 194 Å². The maximum Gasteiger partial charge on any atom is 0.115 e. The molecule has 25 heteroatoms. The van der Waals surface area contributed by atoms with Crippen LogP contribution in [0, 0.1) is 17.8 Å². The monoisotopic (exact) mass is 1350 g/mol. The third kappa shape index (κ3) is 31.9. The average molecular weight is 1350 g/mol. The van der Waals surface area contributed by atoms with E-state index in [9.17, 15) is 107 Å². The molecular weight excluding hydrogens is 1220 g/mol. The summed E-state index contributed by atoms with van der Waals surface area (Å²) < 4.78 is 11.6. The zero-order chi connectivity index (χ0) is 69.2. The molecule has 2 rings (SSSR count). The molecule has 2 saturated heterocycles. The Kier molecular flexibility index (Phi) is 44.4. The number of rotatable bonds is 51. The van der Waals surface area contributed by atoms with Crippen molar-refractivity contribution >= 4 is 11.6 Å². The van der Waals surface area contributed by atoms with Gasteiger partial charge in [-0.15, -0.1) is 0 Å². The van der Waals surface area contributed by atoms with Crippen LogP contribution in [0.2, 0.25) is 0 Å². The fraction of sp³-hybridized carbons (Fsp3) is 0.881. The van der Waals surface area contributed by atoms with E-state index in [1.54, 1.807) is 32.9 Å². The van der Waals surface area contributed by atoms with E-state index >= 15 is 0 Å². The second-order valence-corrected chi connectivity index (χ2v) is 27.0. The van der Waals surface area contributed by atoms with Crippen LogP contribution in [0.3, 0.4) is 0 Å². The predicted octanol–water partition coefficient (Wildman–Crippen LogP) is 0.955. The quantitative estimate of drug-likeness (QED) is 0.0229. The lowest BCUT2D eigenvalue weighted by Crippen LogP contribution is -2.61. The van der Waals surface area contributed by atoms with Crippen LogP contribution in [0.25, 0.3) is 0 Å². The van der Waals surface area contributed by atoms with Gasteiger partial charge in [0.05, 0.1) is 92.1 Å². The van der Waals surface area contributed by atoms with Crippen LogP contribution in [0.5, 0.6) is 0 Å². The van der Waals surface area contributed by atoms with E-state index in [2.05, 4.69) is 12.7 Å². The van der Waals surface area contributed by atoms with Crippen molar-refractivity contribution in [3.8, 4) is 0 Å². The minimum absolute atomic E-state index is 0.0232. The third-order valence-electron chi connectivity index (χ3n) is 18.8. The van der Waals surface area contributed by atoms with Crippen LogP contribution in [-0.2, 0) is 9.47 Å². The number of allylic oxidation sites excluding steroid dienone is 4. The molecule has 0 aromatic heterocycles. The van der Waals surface area contributed by atoms with Crippen molar-refractivity contribution in [3.05, 3.63) is 48.1 Å². The fourth-order valence-electron chi connectivity index (χ4n) is 12.3. The van der Waals surface area contributed by atoms with Gasteiger partial charge in [0.1, 0.15) is 67.1 Å². The first-order valence-corrected chi connectivity index (χ1v) is 34.4. The van der Waals surface area contributed by atoms with Gasteiger partial charge in [-0.25, -0.2) is 0 Å². The Morgan fingerprint density at radius 3 is 1.59 bits per heavy atom. The highest BCUT2D eigenvalue weighted by Gasteiger charge is 2.49. The first-order valence-electron chi connectivity index (χ1n) is 34.0. The Hall–Kier alpha value is -1.71. The molecule has 28 atom stereocenters. The lowest BCUT2D eigenvalue weighted by atomic mass is 9.85. The molecule has 0 saturated carbocycles. The number of unbranched alkanes of at least 4 members (excludes halogenated alkanes) is 7. The highest BCUT2D eigenvalue weighted by atomic mass is 35.5. The number of hydrogen-bond acceptors (Lipinski definition) is 24. The van der Waals surface area contributed by atoms with E-state index < -0.39 is 177 Å². The van der Waals surface area contributed by atoms with Gasteiger partial charge in [-0.2, -0.15) is 0 Å². The van der Waals surface area contributed by atoms with Crippen molar-refractivity contribution in [1.29, 1.82) is 0 Å². The molecule has 542 valence electrons. The maximum absolute atomic E-state index is 11.2. The van der Waals surface area contributed by atoms with Crippen molar-refractivity contribution in [1.82, 2.24) is 0 Å². The summed E-state index contributed by atoms with van der Waals surface area (Å²) in [7, 11) is 0. The van der Waals surface area contributed by atoms with Gasteiger partial charge in [-0.1, -0.05) is 101 Å². The van der Waals surface area contributed by atoms with Gasteiger partial charge in [-0.05, 0) is 152 Å². The molecule has 92 heavy (non-hydrogen) atoms. The molecule has 22 N–H and O–H groups in total. The summed E-state index contributed by atoms with van der Waals surface area (Å²) in [5.41, 5.74) is 1.41. The van der Waals surface area contributed by atoms with E-state index in [0.29, 0.717) is 64.2 Å². The normalized spacial score (nSPS) is 28.1. The summed E-state index contributed by atoms with van der Waals surface area (Å²) in [5.74, 6) is -1.78. The van der Waals surface area contributed by atoms with Gasteiger partial charge < -0.3 is 122 Å². The summed E-state index contributed by atoms with van der Waals surface area (Å²) in [6.45, 7) is 8.40. The molecule has 2 aliphatic heterocycles. The van der Waals surface area contributed by atoms with Crippen molar-refractivity contribution in [2.45, 2.75) is 347 Å². The summed E-state index contributed by atoms with van der Waals surface area (Å²) >= 11 is 5.50. The Bertz CT molecular complexity index is 1980. The summed E-state index contributed by atoms with van der Waals surface area (Å²) in [6.07, 6.45) is -15.1. The molecule has 0 aliphatic carbocycles. The Labute approximate surface area is 550 Å². The molecular formula is C67H123ClO24. The van der Waals surface area contributed by atoms with Crippen LogP contribution < -0.4 is 0 Å².